The summed E-state index contributed by atoms with van der Waals surface area (Å²) in [6.07, 6.45) is 0. The predicted molar refractivity (Wildman–Crippen MR) is 305 cm³/mol. The normalized spacial score (nSPS) is 14.6. The lowest BCUT2D eigenvalue weighted by Crippen LogP contribution is -2.15. The molecule has 0 saturated carbocycles. The van der Waals surface area contributed by atoms with E-state index < -0.39 is 0 Å². The Kier molecular flexibility index (Phi) is 8.34. The van der Waals surface area contributed by atoms with E-state index in [0.717, 1.165) is 33.5 Å². The zero-order valence-electron chi connectivity index (χ0n) is 42.1. The molecule has 13 aromatic rings. The fourth-order valence-electron chi connectivity index (χ4n) is 13.7. The molecular formula is C70H54O2. The molecule has 0 N–H and O–H groups in total. The summed E-state index contributed by atoms with van der Waals surface area (Å²) in [6.45, 7) is 18.7. The van der Waals surface area contributed by atoms with E-state index in [9.17, 15) is 0 Å². The molecule has 11 aromatic carbocycles. The Bertz CT molecular complexity index is 4270. The van der Waals surface area contributed by atoms with Crippen molar-refractivity contribution in [2.45, 2.75) is 78.1 Å². The van der Waals surface area contributed by atoms with E-state index >= 15 is 0 Å². The van der Waals surface area contributed by atoms with Gasteiger partial charge in [-0.15, -0.1) is 0 Å². The van der Waals surface area contributed by atoms with Crippen LogP contribution in [0.1, 0.15) is 101 Å². The Labute approximate surface area is 419 Å². The van der Waals surface area contributed by atoms with Crippen LogP contribution in [0.3, 0.4) is 0 Å². The average molecular weight is 927 g/mol. The first-order chi connectivity index (χ1) is 34.9. The molecule has 0 spiro atoms. The maximum atomic E-state index is 6.95. The van der Waals surface area contributed by atoms with E-state index in [1.807, 2.05) is 0 Å². The standard InChI is InChI=1S/C70H54O2/c1-37(2)41-21-13-23-47-49-25-15-27-51(67(49)71-65(41)47)55-35-61-63(45-19-11-9-17-43(45)55)57-31-39-29-30-40-32-58-60(34-54(40)53(39)33-59(57)69(61,5)6)70(7,8)62-36-56(44-18-10-12-20-46(44)64(58)62)52-28-16-26-50-48-24-14-22-42(38(3)4)66(48)72-68(50)52/h9-38H,1-8H3. The predicted octanol–water partition coefficient (Wildman–Crippen LogP) is 20.3. The lowest BCUT2D eigenvalue weighted by Gasteiger charge is -2.24. The summed E-state index contributed by atoms with van der Waals surface area (Å²) in [7, 11) is 0. The van der Waals surface area contributed by atoms with Gasteiger partial charge < -0.3 is 8.83 Å². The number of benzene rings is 11. The molecule has 0 radical (unpaired) electrons. The van der Waals surface area contributed by atoms with Gasteiger partial charge in [0, 0.05) is 43.5 Å². The van der Waals surface area contributed by atoms with Crippen molar-refractivity contribution in [3.63, 3.8) is 0 Å². The Hall–Kier alpha value is -7.94. The highest BCUT2D eigenvalue weighted by Gasteiger charge is 2.40. The summed E-state index contributed by atoms with van der Waals surface area (Å²) in [5.41, 5.74) is 21.5. The van der Waals surface area contributed by atoms with Gasteiger partial charge in [0.25, 0.3) is 0 Å². The highest BCUT2D eigenvalue weighted by molar-refractivity contribution is 6.20. The SMILES string of the molecule is CC(C)c1cccc2c1oc1c(-c3cc4c(c5ccccc35)-c3cc5ccc6cc7c(cc6c5cc3C4(C)C)C(C)(C)c3cc(-c4cccc5c4oc4c(C(C)C)cccc45)c4ccccc4c3-7)cccc12. The number of fused-ring (bicyclic) bond motifs is 19. The van der Waals surface area contributed by atoms with Gasteiger partial charge in [-0.25, -0.2) is 0 Å². The fraction of sp³-hybridized carbons (Fsp3) is 0.171. The molecule has 2 heteroatoms. The summed E-state index contributed by atoms with van der Waals surface area (Å²) in [4.78, 5) is 0. The molecule has 2 aliphatic rings. The van der Waals surface area contributed by atoms with Crippen LogP contribution in [0.15, 0.2) is 179 Å². The molecule has 0 atom stereocenters. The topological polar surface area (TPSA) is 26.3 Å². The van der Waals surface area contributed by atoms with E-state index in [1.54, 1.807) is 0 Å². The molecule has 0 bridgehead atoms. The molecule has 15 rings (SSSR count). The Morgan fingerprint density at radius 1 is 0.292 bits per heavy atom. The molecule has 0 aliphatic heterocycles. The molecule has 2 aromatic heterocycles. The summed E-state index contributed by atoms with van der Waals surface area (Å²) in [6, 6.07) is 64.4. The molecule has 72 heavy (non-hydrogen) atoms. The molecular weight excluding hydrogens is 873 g/mol. The van der Waals surface area contributed by atoms with Gasteiger partial charge in [0.1, 0.15) is 22.3 Å². The van der Waals surface area contributed by atoms with Gasteiger partial charge in [-0.05, 0) is 158 Å². The second-order valence-electron chi connectivity index (χ2n) is 22.7. The molecule has 2 nitrogen and oxygen atoms in total. The van der Waals surface area contributed by atoms with Crippen molar-refractivity contribution < 1.29 is 8.83 Å². The highest BCUT2D eigenvalue weighted by atomic mass is 16.3. The first-order valence-electron chi connectivity index (χ1n) is 26.0. The maximum absolute atomic E-state index is 6.95. The smallest absolute Gasteiger partial charge is 0.143 e. The van der Waals surface area contributed by atoms with Crippen LogP contribution in [0.5, 0.6) is 0 Å². The third-order valence-electron chi connectivity index (χ3n) is 17.4. The minimum atomic E-state index is -0.257. The maximum Gasteiger partial charge on any atom is 0.143 e. The van der Waals surface area contributed by atoms with E-state index in [0.29, 0.717) is 11.8 Å². The summed E-state index contributed by atoms with van der Waals surface area (Å²) in [5.74, 6) is 0.718. The van der Waals surface area contributed by atoms with Crippen LogP contribution < -0.4 is 0 Å². The van der Waals surface area contributed by atoms with E-state index in [1.165, 1.54) is 131 Å². The monoisotopic (exact) mass is 926 g/mol. The summed E-state index contributed by atoms with van der Waals surface area (Å²) in [5, 5.41) is 14.9. The van der Waals surface area contributed by atoms with E-state index in [4.69, 9.17) is 8.83 Å². The quantitative estimate of drug-likeness (QED) is 0.164. The molecule has 2 aliphatic carbocycles. The van der Waals surface area contributed by atoms with Crippen LogP contribution in [0.2, 0.25) is 0 Å². The Balaban J connectivity index is 0.906. The van der Waals surface area contributed by atoms with Crippen molar-refractivity contribution in [2.75, 3.05) is 0 Å². The van der Waals surface area contributed by atoms with Gasteiger partial charge in [0.2, 0.25) is 0 Å². The van der Waals surface area contributed by atoms with Crippen LogP contribution in [-0.4, -0.2) is 0 Å². The molecule has 0 fully saturated rings. The second kappa shape index (κ2) is 14.4. The first-order valence-corrected chi connectivity index (χ1v) is 26.0. The van der Waals surface area contributed by atoms with Crippen molar-refractivity contribution in [3.05, 3.63) is 203 Å². The largest absolute Gasteiger partial charge is 0.455 e. The summed E-state index contributed by atoms with van der Waals surface area (Å²) >= 11 is 0. The summed E-state index contributed by atoms with van der Waals surface area (Å²) < 4.78 is 13.9. The second-order valence-corrected chi connectivity index (χ2v) is 22.7. The van der Waals surface area contributed by atoms with Crippen molar-refractivity contribution in [1.82, 2.24) is 0 Å². The van der Waals surface area contributed by atoms with Crippen LogP contribution >= 0.6 is 0 Å². The minimum absolute atomic E-state index is 0.257. The highest BCUT2D eigenvalue weighted by Crippen LogP contribution is 2.58. The van der Waals surface area contributed by atoms with Crippen LogP contribution in [-0.2, 0) is 10.8 Å². The average Bonchev–Trinajstić information content (AvgIpc) is 4.10. The molecule has 2 heterocycles. The minimum Gasteiger partial charge on any atom is -0.455 e. The number of furan rings is 2. The van der Waals surface area contributed by atoms with Crippen molar-refractivity contribution in [3.8, 4) is 44.5 Å². The van der Waals surface area contributed by atoms with Crippen molar-refractivity contribution in [1.29, 1.82) is 0 Å². The number of hydrogen-bond donors (Lipinski definition) is 0. The van der Waals surface area contributed by atoms with Crippen molar-refractivity contribution in [2.24, 2.45) is 0 Å². The van der Waals surface area contributed by atoms with Crippen LogP contribution in [0.25, 0.3) is 131 Å². The zero-order chi connectivity index (χ0) is 48.7. The fourth-order valence-corrected chi connectivity index (χ4v) is 13.7. The zero-order valence-corrected chi connectivity index (χ0v) is 42.1. The van der Waals surface area contributed by atoms with Gasteiger partial charge in [0.05, 0.1) is 0 Å². The lowest BCUT2D eigenvalue weighted by molar-refractivity contribution is 0.657. The number of rotatable bonds is 4. The lowest BCUT2D eigenvalue weighted by atomic mass is 9.79. The van der Waals surface area contributed by atoms with Gasteiger partial charge in [-0.2, -0.15) is 0 Å². The van der Waals surface area contributed by atoms with Gasteiger partial charge >= 0.3 is 0 Å². The molecule has 0 amide bonds. The van der Waals surface area contributed by atoms with Crippen LogP contribution in [0, 0.1) is 0 Å². The molecule has 0 unspecified atom stereocenters. The molecule has 346 valence electrons. The van der Waals surface area contributed by atoms with Crippen molar-refractivity contribution >= 4 is 87.0 Å². The molecule has 0 saturated heterocycles. The van der Waals surface area contributed by atoms with E-state index in [2.05, 4.69) is 225 Å². The number of hydrogen-bond acceptors (Lipinski definition) is 2. The van der Waals surface area contributed by atoms with E-state index in [-0.39, 0.29) is 10.8 Å². The Morgan fingerprint density at radius 3 is 1.06 bits per heavy atom. The van der Waals surface area contributed by atoms with Crippen LogP contribution in [0.4, 0.5) is 0 Å². The third-order valence-corrected chi connectivity index (χ3v) is 17.4. The first kappa shape index (κ1) is 41.8. The van der Waals surface area contributed by atoms with Gasteiger partial charge in [0.15, 0.2) is 0 Å². The number of para-hydroxylation sites is 4. The van der Waals surface area contributed by atoms with Gasteiger partial charge in [-0.1, -0.05) is 189 Å². The Morgan fingerprint density at radius 2 is 0.653 bits per heavy atom. The third kappa shape index (κ3) is 5.40. The van der Waals surface area contributed by atoms with Gasteiger partial charge in [-0.3, -0.25) is 0 Å².